The largest absolute Gasteiger partial charge is 0.507 e. The molecule has 1 aromatic carbocycles. The van der Waals surface area contributed by atoms with Crippen LogP contribution >= 0.6 is 23.2 Å². The molecule has 184 valence electrons. The standard InChI is InChI=1S/C25H30Cl2N2O5/c1-13(2)7-6-8-14(3)9-10-25-22(33)19-18(15(30)11-16(31)20(19)29-28)21(32)24(25,27)12-17(26)23(4,5)34-25/h7,9,11,17,28,30-31H,6,8,10,12H2,1-5H3. The highest BCUT2D eigenvalue weighted by Gasteiger charge is 2.70. The number of allylic oxidation sites excluding steroid dienone is 3. The van der Waals surface area contributed by atoms with E-state index in [2.05, 4.69) is 11.2 Å². The van der Waals surface area contributed by atoms with Gasteiger partial charge in [-0.3, -0.25) is 9.59 Å². The summed E-state index contributed by atoms with van der Waals surface area (Å²) in [5.74, 6) is -2.68. The fourth-order valence-electron chi connectivity index (χ4n) is 4.67. The zero-order valence-electron chi connectivity index (χ0n) is 20.0. The van der Waals surface area contributed by atoms with Gasteiger partial charge >= 0.3 is 0 Å². The molecular weight excluding hydrogens is 479 g/mol. The van der Waals surface area contributed by atoms with E-state index in [-0.39, 0.29) is 24.0 Å². The number of fused-ring (bicyclic) bond motifs is 2. The number of nitrogens with zero attached hydrogens (tertiary/aromatic N) is 1. The molecule has 0 saturated carbocycles. The maximum Gasteiger partial charge on any atom is 0.200 e. The Morgan fingerprint density at radius 2 is 1.82 bits per heavy atom. The Morgan fingerprint density at radius 1 is 1.18 bits per heavy atom. The van der Waals surface area contributed by atoms with Gasteiger partial charge in [-0.25, -0.2) is 5.53 Å². The van der Waals surface area contributed by atoms with E-state index in [4.69, 9.17) is 33.5 Å². The van der Waals surface area contributed by atoms with E-state index in [9.17, 15) is 19.8 Å². The second kappa shape index (κ2) is 9.10. The molecule has 2 aliphatic rings. The lowest BCUT2D eigenvalue weighted by molar-refractivity contribution is -0.157. The Hall–Kier alpha value is -2.22. The van der Waals surface area contributed by atoms with Gasteiger partial charge in [-0.15, -0.1) is 23.2 Å². The van der Waals surface area contributed by atoms with Gasteiger partial charge in [-0.1, -0.05) is 23.3 Å². The van der Waals surface area contributed by atoms with Gasteiger partial charge in [0.1, 0.15) is 22.1 Å². The normalized spacial score (nSPS) is 28.2. The number of nitrogens with one attached hydrogen (secondary N) is 1. The molecule has 1 aromatic rings. The fraction of sp³-hybridized carbons (Fsp3) is 0.520. The third-order valence-corrected chi connectivity index (χ3v) is 7.98. The van der Waals surface area contributed by atoms with Crippen molar-refractivity contribution in [2.24, 2.45) is 5.11 Å². The van der Waals surface area contributed by atoms with Crippen molar-refractivity contribution in [3.05, 3.63) is 40.5 Å². The number of hydrogen-bond acceptors (Lipinski definition) is 7. The minimum atomic E-state index is -1.90. The van der Waals surface area contributed by atoms with E-state index in [0.29, 0.717) is 0 Å². The first kappa shape index (κ1) is 26.4. The van der Waals surface area contributed by atoms with Crippen molar-refractivity contribution in [1.29, 1.82) is 5.53 Å². The van der Waals surface area contributed by atoms with Crippen LogP contribution in [0.15, 0.2) is 34.5 Å². The molecule has 3 atom stereocenters. The zero-order chi connectivity index (χ0) is 25.6. The van der Waals surface area contributed by atoms with Gasteiger partial charge in [0.05, 0.1) is 22.1 Å². The van der Waals surface area contributed by atoms with Crippen LogP contribution < -0.4 is 0 Å². The number of halogens is 2. The first-order valence-corrected chi connectivity index (χ1v) is 11.9. The highest BCUT2D eigenvalue weighted by Crippen LogP contribution is 2.58. The smallest absolute Gasteiger partial charge is 0.200 e. The summed E-state index contributed by atoms with van der Waals surface area (Å²) in [6.45, 7) is 9.40. The average Bonchev–Trinajstić information content (AvgIpc) is 2.73. The molecule has 3 N–H and O–H groups in total. The van der Waals surface area contributed by atoms with Crippen LogP contribution in [-0.2, 0) is 4.74 Å². The van der Waals surface area contributed by atoms with Gasteiger partial charge in [-0.05, 0) is 53.9 Å². The lowest BCUT2D eigenvalue weighted by atomic mass is 9.63. The average molecular weight is 509 g/mol. The molecule has 0 amide bonds. The minimum absolute atomic E-state index is 0.0257. The summed E-state index contributed by atoms with van der Waals surface area (Å²) in [6.07, 6.45) is 5.40. The van der Waals surface area contributed by atoms with Crippen molar-refractivity contribution >= 4 is 40.5 Å². The second-order valence-corrected chi connectivity index (χ2v) is 11.0. The van der Waals surface area contributed by atoms with Crippen LogP contribution in [0.5, 0.6) is 11.5 Å². The molecule has 1 aliphatic heterocycles. The molecule has 3 rings (SSSR count). The molecule has 1 saturated heterocycles. The molecule has 1 heterocycles. The maximum absolute atomic E-state index is 14.1. The Balaban J connectivity index is 2.23. The van der Waals surface area contributed by atoms with Crippen LogP contribution in [0.25, 0.3) is 0 Å². The van der Waals surface area contributed by atoms with E-state index in [1.165, 1.54) is 5.57 Å². The molecular formula is C25H30Cl2N2O5. The summed E-state index contributed by atoms with van der Waals surface area (Å²) in [6, 6.07) is 0.879. The Bertz CT molecular complexity index is 1120. The third kappa shape index (κ3) is 4.08. The maximum atomic E-state index is 14.1. The third-order valence-electron chi connectivity index (χ3n) is 6.67. The van der Waals surface area contributed by atoms with Gasteiger partial charge in [0, 0.05) is 12.5 Å². The molecule has 1 fully saturated rings. The molecule has 7 nitrogen and oxygen atoms in total. The number of ketones is 2. The van der Waals surface area contributed by atoms with Gasteiger partial charge in [0.15, 0.2) is 11.4 Å². The van der Waals surface area contributed by atoms with E-state index >= 15 is 0 Å². The zero-order valence-corrected chi connectivity index (χ0v) is 21.5. The number of Topliss-reactive ketones (excluding diaryl/α,β-unsaturated/α-hetero) is 2. The van der Waals surface area contributed by atoms with Crippen molar-refractivity contribution < 1.29 is 24.5 Å². The van der Waals surface area contributed by atoms with Gasteiger partial charge < -0.3 is 14.9 Å². The van der Waals surface area contributed by atoms with Crippen molar-refractivity contribution in [3.8, 4) is 11.5 Å². The number of ether oxygens (including phenoxy) is 1. The number of phenols is 2. The molecule has 1 aliphatic carbocycles. The molecule has 0 radical (unpaired) electrons. The highest BCUT2D eigenvalue weighted by molar-refractivity contribution is 6.45. The summed E-state index contributed by atoms with van der Waals surface area (Å²) in [7, 11) is 0. The first-order valence-electron chi connectivity index (χ1n) is 11.1. The van der Waals surface area contributed by atoms with E-state index in [1.54, 1.807) is 13.8 Å². The highest BCUT2D eigenvalue weighted by atomic mass is 35.5. The van der Waals surface area contributed by atoms with Crippen molar-refractivity contribution in [2.45, 2.75) is 81.8 Å². The van der Waals surface area contributed by atoms with E-state index in [0.717, 1.165) is 24.5 Å². The van der Waals surface area contributed by atoms with Crippen molar-refractivity contribution in [1.82, 2.24) is 0 Å². The second-order valence-electron chi connectivity index (χ2n) is 9.86. The van der Waals surface area contributed by atoms with Crippen LogP contribution in [0.4, 0.5) is 5.69 Å². The lowest BCUT2D eigenvalue weighted by Gasteiger charge is -2.56. The summed E-state index contributed by atoms with van der Waals surface area (Å²) >= 11 is 13.6. The van der Waals surface area contributed by atoms with Crippen molar-refractivity contribution in [2.75, 3.05) is 0 Å². The van der Waals surface area contributed by atoms with Gasteiger partial charge in [0.25, 0.3) is 0 Å². The summed E-state index contributed by atoms with van der Waals surface area (Å²) in [5, 5.41) is 23.3. The van der Waals surface area contributed by atoms with Crippen LogP contribution in [0.3, 0.4) is 0 Å². The SMILES string of the molecule is CC(C)=CCCC(C)=CCC12OC(C)(C)C(Cl)CC1(Cl)C(=O)c1c(O)cc(O)c(N=N)c1C2=O. The van der Waals surface area contributed by atoms with E-state index < -0.39 is 50.2 Å². The molecule has 3 unspecified atom stereocenters. The summed E-state index contributed by atoms with van der Waals surface area (Å²) in [5.41, 5.74) is 5.63. The van der Waals surface area contributed by atoms with E-state index in [1.807, 2.05) is 26.8 Å². The van der Waals surface area contributed by atoms with Crippen LogP contribution in [-0.4, -0.2) is 43.2 Å². The van der Waals surface area contributed by atoms with Gasteiger partial charge in [-0.2, -0.15) is 5.11 Å². The lowest BCUT2D eigenvalue weighted by Crippen LogP contribution is -2.72. The minimum Gasteiger partial charge on any atom is -0.507 e. The fourth-order valence-corrected chi connectivity index (χ4v) is 5.47. The Labute approximate surface area is 209 Å². The molecule has 34 heavy (non-hydrogen) atoms. The molecule has 0 bridgehead atoms. The Morgan fingerprint density at radius 3 is 2.41 bits per heavy atom. The molecule has 9 heteroatoms. The number of rotatable bonds is 6. The predicted molar refractivity (Wildman–Crippen MR) is 131 cm³/mol. The molecule has 0 aromatic heterocycles. The number of hydrogen-bond donors (Lipinski definition) is 3. The van der Waals surface area contributed by atoms with Crippen LogP contribution in [0.2, 0.25) is 0 Å². The number of aromatic hydroxyl groups is 2. The first-order chi connectivity index (χ1) is 15.7. The summed E-state index contributed by atoms with van der Waals surface area (Å²) in [4.78, 5) is 26.0. The Kier molecular flexibility index (Phi) is 7.06. The topological polar surface area (TPSA) is 120 Å². The number of carbonyl (C=O) groups excluding carboxylic acids is 2. The number of carbonyl (C=O) groups is 2. The summed E-state index contributed by atoms with van der Waals surface area (Å²) < 4.78 is 6.34. The van der Waals surface area contributed by atoms with Crippen LogP contribution in [0, 0.1) is 5.53 Å². The monoisotopic (exact) mass is 508 g/mol. The van der Waals surface area contributed by atoms with Crippen molar-refractivity contribution in [3.63, 3.8) is 0 Å². The van der Waals surface area contributed by atoms with Crippen LogP contribution in [0.1, 0.15) is 81.0 Å². The number of benzene rings is 1. The predicted octanol–water partition coefficient (Wildman–Crippen LogP) is 6.74. The quantitative estimate of drug-likeness (QED) is 0.223. The number of alkyl halides is 2. The molecule has 0 spiro atoms. The number of phenolic OH excluding ortho intramolecular Hbond substituents is 2. The van der Waals surface area contributed by atoms with Gasteiger partial charge in [0.2, 0.25) is 5.78 Å².